The smallest absolute Gasteiger partial charge is 0.239 e. The molecule has 0 aliphatic rings. The van der Waals surface area contributed by atoms with Gasteiger partial charge in [0.2, 0.25) is 5.91 Å². The number of unbranched alkanes of at least 4 members (excludes halogenated alkanes) is 2. The molecule has 0 radical (unpaired) electrons. The number of amides is 1. The molecule has 20 heavy (non-hydrogen) atoms. The van der Waals surface area contributed by atoms with Crippen molar-refractivity contribution in [3.8, 4) is 0 Å². The van der Waals surface area contributed by atoms with Gasteiger partial charge in [0.1, 0.15) is 0 Å². The van der Waals surface area contributed by atoms with Gasteiger partial charge in [0, 0.05) is 6.54 Å². The summed E-state index contributed by atoms with van der Waals surface area (Å²) in [5, 5.41) is 2.94. The van der Waals surface area contributed by atoms with Crippen LogP contribution in [0.3, 0.4) is 0 Å². The number of hydrogen-bond donors (Lipinski definition) is 2. The van der Waals surface area contributed by atoms with E-state index in [2.05, 4.69) is 29.6 Å². The predicted octanol–water partition coefficient (Wildman–Crippen LogP) is 3.03. The van der Waals surface area contributed by atoms with Crippen LogP contribution in [0.15, 0.2) is 30.3 Å². The molecule has 0 aromatic heterocycles. The number of nitrogens with one attached hydrogen (secondary N) is 1. The highest BCUT2D eigenvalue weighted by atomic mass is 16.2. The van der Waals surface area contributed by atoms with Crippen molar-refractivity contribution < 1.29 is 4.79 Å². The van der Waals surface area contributed by atoms with Crippen LogP contribution in [0.5, 0.6) is 0 Å². The highest BCUT2D eigenvalue weighted by molar-refractivity contribution is 5.85. The molecule has 0 aliphatic carbocycles. The van der Waals surface area contributed by atoms with Gasteiger partial charge in [-0.3, -0.25) is 4.79 Å². The molecule has 0 saturated heterocycles. The largest absolute Gasteiger partial charge is 0.355 e. The van der Waals surface area contributed by atoms with Crippen LogP contribution in [0.4, 0.5) is 0 Å². The predicted molar refractivity (Wildman–Crippen MR) is 84.5 cm³/mol. The summed E-state index contributed by atoms with van der Waals surface area (Å²) in [6, 6.07) is 10.5. The molecule has 112 valence electrons. The summed E-state index contributed by atoms with van der Waals surface area (Å²) in [6.07, 6.45) is 6.07. The van der Waals surface area contributed by atoms with Gasteiger partial charge in [-0.05, 0) is 38.2 Å². The number of nitrogens with two attached hydrogens (primary N) is 1. The zero-order valence-electron chi connectivity index (χ0n) is 12.8. The first kappa shape index (κ1) is 16.7. The molecule has 0 aliphatic heterocycles. The Hall–Kier alpha value is -1.35. The van der Waals surface area contributed by atoms with Crippen LogP contribution in [-0.4, -0.2) is 18.0 Å². The minimum absolute atomic E-state index is 0.0255. The van der Waals surface area contributed by atoms with Crippen LogP contribution in [0.1, 0.15) is 51.5 Å². The molecular formula is C17H28N2O. The van der Waals surface area contributed by atoms with Crippen molar-refractivity contribution >= 4 is 5.91 Å². The summed E-state index contributed by atoms with van der Waals surface area (Å²) in [4.78, 5) is 11.9. The Morgan fingerprint density at radius 1 is 1.20 bits per heavy atom. The second kappa shape index (κ2) is 8.75. The van der Waals surface area contributed by atoms with Crippen LogP contribution in [-0.2, 0) is 11.2 Å². The Labute approximate surface area is 122 Å². The van der Waals surface area contributed by atoms with Gasteiger partial charge in [-0.2, -0.15) is 0 Å². The summed E-state index contributed by atoms with van der Waals surface area (Å²) in [7, 11) is 0. The van der Waals surface area contributed by atoms with E-state index in [-0.39, 0.29) is 5.91 Å². The van der Waals surface area contributed by atoms with Crippen molar-refractivity contribution in [3.63, 3.8) is 0 Å². The summed E-state index contributed by atoms with van der Waals surface area (Å²) in [5.41, 5.74) is 6.64. The summed E-state index contributed by atoms with van der Waals surface area (Å²) < 4.78 is 0. The Morgan fingerprint density at radius 3 is 2.55 bits per heavy atom. The molecule has 1 atom stereocenters. The normalized spacial score (nSPS) is 13.8. The van der Waals surface area contributed by atoms with E-state index in [4.69, 9.17) is 5.73 Å². The number of hydrogen-bond acceptors (Lipinski definition) is 2. The Morgan fingerprint density at radius 2 is 1.90 bits per heavy atom. The molecule has 0 bridgehead atoms. The third-order valence-electron chi connectivity index (χ3n) is 3.56. The summed E-state index contributed by atoms with van der Waals surface area (Å²) in [6.45, 7) is 4.58. The second-order valence-corrected chi connectivity index (χ2v) is 5.72. The minimum Gasteiger partial charge on any atom is -0.355 e. The Kier molecular flexibility index (Phi) is 7.31. The fourth-order valence-electron chi connectivity index (χ4n) is 2.31. The fourth-order valence-corrected chi connectivity index (χ4v) is 2.31. The maximum atomic E-state index is 11.9. The van der Waals surface area contributed by atoms with Crippen molar-refractivity contribution in [1.82, 2.24) is 5.32 Å². The van der Waals surface area contributed by atoms with Crippen molar-refractivity contribution in [3.05, 3.63) is 35.9 Å². The molecule has 1 amide bonds. The lowest BCUT2D eigenvalue weighted by molar-refractivity contribution is -0.126. The average molecular weight is 276 g/mol. The zero-order valence-corrected chi connectivity index (χ0v) is 12.8. The summed E-state index contributed by atoms with van der Waals surface area (Å²) >= 11 is 0. The van der Waals surface area contributed by atoms with Gasteiger partial charge in [-0.15, -0.1) is 0 Å². The van der Waals surface area contributed by atoms with Crippen LogP contribution in [0.25, 0.3) is 0 Å². The molecule has 0 heterocycles. The van der Waals surface area contributed by atoms with Crippen LogP contribution in [0.2, 0.25) is 0 Å². The number of carbonyl (C=O) groups excluding carboxylic acids is 1. The molecule has 1 aromatic rings. The first-order valence-electron chi connectivity index (χ1n) is 7.67. The first-order valence-corrected chi connectivity index (χ1v) is 7.67. The van der Waals surface area contributed by atoms with Gasteiger partial charge in [-0.1, -0.05) is 50.1 Å². The fraction of sp³-hybridized carbons (Fsp3) is 0.588. The van der Waals surface area contributed by atoms with Crippen LogP contribution >= 0.6 is 0 Å². The van der Waals surface area contributed by atoms with Crippen molar-refractivity contribution in [1.29, 1.82) is 0 Å². The SMILES string of the molecule is CCCC(C)(N)C(=O)NCCCCCc1ccccc1. The van der Waals surface area contributed by atoms with Gasteiger partial charge in [0.05, 0.1) is 5.54 Å². The van der Waals surface area contributed by atoms with E-state index in [1.807, 2.05) is 13.0 Å². The van der Waals surface area contributed by atoms with E-state index >= 15 is 0 Å². The first-order chi connectivity index (χ1) is 9.56. The van der Waals surface area contributed by atoms with E-state index < -0.39 is 5.54 Å². The van der Waals surface area contributed by atoms with E-state index in [0.29, 0.717) is 0 Å². The maximum Gasteiger partial charge on any atom is 0.239 e. The van der Waals surface area contributed by atoms with Gasteiger partial charge < -0.3 is 11.1 Å². The molecule has 1 aromatic carbocycles. The lowest BCUT2D eigenvalue weighted by Gasteiger charge is -2.22. The molecule has 3 nitrogen and oxygen atoms in total. The van der Waals surface area contributed by atoms with E-state index in [0.717, 1.165) is 45.1 Å². The van der Waals surface area contributed by atoms with Crippen molar-refractivity contribution in [2.75, 3.05) is 6.54 Å². The van der Waals surface area contributed by atoms with Crippen molar-refractivity contribution in [2.45, 2.75) is 57.9 Å². The lowest BCUT2D eigenvalue weighted by atomic mass is 9.96. The van der Waals surface area contributed by atoms with E-state index in [1.54, 1.807) is 6.92 Å². The Bertz CT molecular complexity index is 387. The molecule has 0 spiro atoms. The number of carbonyl (C=O) groups is 1. The van der Waals surface area contributed by atoms with Crippen molar-refractivity contribution in [2.24, 2.45) is 5.73 Å². The average Bonchev–Trinajstić information content (AvgIpc) is 2.43. The van der Waals surface area contributed by atoms with E-state index in [9.17, 15) is 4.79 Å². The molecule has 1 unspecified atom stereocenters. The Balaban J connectivity index is 2.09. The lowest BCUT2D eigenvalue weighted by Crippen LogP contribution is -2.51. The zero-order chi connectivity index (χ0) is 14.8. The minimum atomic E-state index is -0.723. The molecular weight excluding hydrogens is 248 g/mol. The quantitative estimate of drug-likeness (QED) is 0.681. The van der Waals surface area contributed by atoms with E-state index in [1.165, 1.54) is 5.56 Å². The molecule has 0 fully saturated rings. The van der Waals surface area contributed by atoms with Gasteiger partial charge >= 0.3 is 0 Å². The molecule has 1 rings (SSSR count). The van der Waals surface area contributed by atoms with Gasteiger partial charge in [-0.25, -0.2) is 0 Å². The monoisotopic (exact) mass is 276 g/mol. The van der Waals surface area contributed by atoms with Gasteiger partial charge in [0.15, 0.2) is 0 Å². The summed E-state index contributed by atoms with van der Waals surface area (Å²) in [5.74, 6) is -0.0255. The number of benzene rings is 1. The van der Waals surface area contributed by atoms with Crippen LogP contribution in [0, 0.1) is 0 Å². The maximum absolute atomic E-state index is 11.9. The number of rotatable bonds is 9. The molecule has 3 heteroatoms. The van der Waals surface area contributed by atoms with Crippen LogP contribution < -0.4 is 11.1 Å². The third-order valence-corrected chi connectivity index (χ3v) is 3.56. The second-order valence-electron chi connectivity index (χ2n) is 5.72. The van der Waals surface area contributed by atoms with Gasteiger partial charge in [0.25, 0.3) is 0 Å². The third kappa shape index (κ3) is 6.20. The standard InChI is InChI=1S/C17H28N2O/c1-3-13-17(2,18)16(20)19-14-9-5-8-12-15-10-6-4-7-11-15/h4,6-7,10-11H,3,5,8-9,12-14,18H2,1-2H3,(H,19,20). The highest BCUT2D eigenvalue weighted by Gasteiger charge is 2.26. The number of aryl methyl sites for hydroxylation is 1. The molecule has 3 N–H and O–H groups in total. The topological polar surface area (TPSA) is 55.1 Å². The molecule has 0 saturated carbocycles. The highest BCUT2D eigenvalue weighted by Crippen LogP contribution is 2.09.